The first kappa shape index (κ1) is 21.6. The molecule has 1 aliphatic rings. The molecule has 0 radical (unpaired) electrons. The van der Waals surface area contributed by atoms with Crippen molar-refractivity contribution in [1.29, 1.82) is 0 Å². The van der Waals surface area contributed by atoms with Gasteiger partial charge < -0.3 is 19.7 Å². The summed E-state index contributed by atoms with van der Waals surface area (Å²) in [6, 6.07) is 15.2. The summed E-state index contributed by atoms with van der Waals surface area (Å²) in [5.41, 5.74) is 2.42. The van der Waals surface area contributed by atoms with Crippen LogP contribution in [0.15, 0.2) is 65.8 Å². The molecule has 0 unspecified atom stereocenters. The Labute approximate surface area is 181 Å². The Morgan fingerprint density at radius 2 is 2.13 bits per heavy atom. The summed E-state index contributed by atoms with van der Waals surface area (Å²) in [7, 11) is 1.87. The molecule has 0 aromatic heterocycles. The third-order valence-electron chi connectivity index (χ3n) is 4.35. The van der Waals surface area contributed by atoms with Crippen molar-refractivity contribution in [2.75, 3.05) is 49.8 Å². The van der Waals surface area contributed by atoms with Gasteiger partial charge in [-0.3, -0.25) is 5.32 Å². The number of nitrogens with one attached hydrogen (secondary N) is 2. The molecule has 30 heavy (non-hydrogen) atoms. The second-order valence-electron chi connectivity index (χ2n) is 6.41. The van der Waals surface area contributed by atoms with Crippen LogP contribution in [-0.2, 0) is 4.74 Å². The van der Waals surface area contributed by atoms with E-state index >= 15 is 0 Å². The fourth-order valence-corrected chi connectivity index (χ4v) is 3.28. The van der Waals surface area contributed by atoms with E-state index in [0.717, 1.165) is 35.3 Å². The number of carbonyl (C=O) groups excluding carboxylic acids is 1. The van der Waals surface area contributed by atoms with Crippen LogP contribution in [0, 0.1) is 0 Å². The molecule has 158 valence electrons. The minimum atomic E-state index is -0.525. The third-order valence-corrected chi connectivity index (χ3v) is 5.03. The summed E-state index contributed by atoms with van der Waals surface area (Å²) in [6.07, 6.45) is 5.32. The van der Waals surface area contributed by atoms with Gasteiger partial charge in [0.15, 0.2) is 0 Å². The Morgan fingerprint density at radius 1 is 1.30 bits per heavy atom. The number of thioether (sulfide) groups is 1. The highest BCUT2D eigenvalue weighted by molar-refractivity contribution is 8.13. The summed E-state index contributed by atoms with van der Waals surface area (Å²) in [5.74, 6) is 0.803. The molecule has 1 aliphatic heterocycles. The van der Waals surface area contributed by atoms with E-state index in [4.69, 9.17) is 9.47 Å². The van der Waals surface area contributed by atoms with Crippen molar-refractivity contribution in [3.63, 3.8) is 0 Å². The zero-order chi connectivity index (χ0) is 21.2. The molecule has 2 aromatic rings. The molecule has 0 atom stereocenters. The summed E-state index contributed by atoms with van der Waals surface area (Å²) < 4.78 is 11.1. The monoisotopic (exact) mass is 426 g/mol. The van der Waals surface area contributed by atoms with Gasteiger partial charge in [0, 0.05) is 19.3 Å². The fraction of sp³-hybridized carbons (Fsp3) is 0.273. The van der Waals surface area contributed by atoms with Crippen LogP contribution in [-0.4, -0.2) is 50.7 Å². The van der Waals surface area contributed by atoms with Gasteiger partial charge in [-0.1, -0.05) is 18.2 Å². The molecule has 0 saturated heterocycles. The van der Waals surface area contributed by atoms with Gasteiger partial charge in [-0.25, -0.2) is 9.79 Å². The van der Waals surface area contributed by atoms with Gasteiger partial charge in [0.25, 0.3) is 0 Å². The molecule has 8 heteroatoms. The highest BCUT2D eigenvalue weighted by atomic mass is 32.2. The Kier molecular flexibility index (Phi) is 8.02. The summed E-state index contributed by atoms with van der Waals surface area (Å²) in [5, 5.41) is 6.49. The van der Waals surface area contributed by atoms with E-state index in [-0.39, 0.29) is 6.61 Å². The lowest BCUT2D eigenvalue weighted by Gasteiger charge is -2.30. The number of rotatable bonds is 7. The van der Waals surface area contributed by atoms with Gasteiger partial charge in [0.1, 0.15) is 24.0 Å². The standard InChI is InChI=1S/C22H26N4O3S/c1-23-11-6-12-26-13-14-28-20-10-9-18(15-19(20)26)25-22(27)29-16-21(30-2)24-17-7-4-3-5-8-17/h3-11,15,23H,12-14,16H2,1-2H3,(H,25,27)/b11-6+,24-21?. The van der Waals surface area contributed by atoms with Crippen LogP contribution >= 0.6 is 11.8 Å². The van der Waals surface area contributed by atoms with Crippen LogP contribution in [0.3, 0.4) is 0 Å². The van der Waals surface area contributed by atoms with Crippen molar-refractivity contribution in [2.45, 2.75) is 0 Å². The van der Waals surface area contributed by atoms with E-state index < -0.39 is 6.09 Å². The molecule has 0 spiro atoms. The minimum absolute atomic E-state index is 0.108. The number of amides is 1. The van der Waals surface area contributed by atoms with Gasteiger partial charge in [0.2, 0.25) is 0 Å². The molecule has 2 N–H and O–H groups in total. The van der Waals surface area contributed by atoms with E-state index in [1.807, 2.05) is 68.0 Å². The van der Waals surface area contributed by atoms with Gasteiger partial charge in [-0.05, 0) is 48.9 Å². The molecule has 2 aromatic carbocycles. The predicted octanol–water partition coefficient (Wildman–Crippen LogP) is 4.26. The van der Waals surface area contributed by atoms with Gasteiger partial charge in [-0.15, -0.1) is 11.8 Å². The van der Waals surface area contributed by atoms with Gasteiger partial charge in [0.05, 0.1) is 17.9 Å². The van der Waals surface area contributed by atoms with Crippen LogP contribution in [0.2, 0.25) is 0 Å². The van der Waals surface area contributed by atoms with Crippen molar-refractivity contribution in [1.82, 2.24) is 5.32 Å². The van der Waals surface area contributed by atoms with Crippen molar-refractivity contribution in [3.05, 3.63) is 60.8 Å². The lowest BCUT2D eigenvalue weighted by atomic mass is 10.2. The van der Waals surface area contributed by atoms with Crippen LogP contribution < -0.4 is 20.3 Å². The SMILES string of the molecule is CN/C=C/CN1CCOc2ccc(NC(=O)OCC(=Nc3ccccc3)SC)cc21. The van der Waals surface area contributed by atoms with Crippen molar-refractivity contribution >= 4 is 40.0 Å². The summed E-state index contributed by atoms with van der Waals surface area (Å²) >= 11 is 1.45. The summed E-state index contributed by atoms with van der Waals surface area (Å²) in [4.78, 5) is 19.0. The first-order valence-electron chi connectivity index (χ1n) is 9.64. The molecule has 0 saturated carbocycles. The zero-order valence-corrected chi connectivity index (χ0v) is 17.9. The Morgan fingerprint density at radius 3 is 2.90 bits per heavy atom. The number of hydrogen-bond donors (Lipinski definition) is 2. The molecular weight excluding hydrogens is 400 g/mol. The largest absolute Gasteiger partial charge is 0.490 e. The second kappa shape index (κ2) is 11.2. The number of para-hydroxylation sites is 1. The molecule has 1 heterocycles. The number of nitrogens with zero attached hydrogens (tertiary/aromatic N) is 2. The number of fused-ring (bicyclic) bond motifs is 1. The molecule has 1 amide bonds. The van der Waals surface area contributed by atoms with E-state index in [2.05, 4.69) is 20.5 Å². The van der Waals surface area contributed by atoms with Crippen LogP contribution in [0.25, 0.3) is 0 Å². The van der Waals surface area contributed by atoms with Crippen LogP contribution in [0.4, 0.5) is 21.9 Å². The van der Waals surface area contributed by atoms with E-state index in [0.29, 0.717) is 12.3 Å². The number of carbonyl (C=O) groups is 1. The number of hydrogen-bond acceptors (Lipinski definition) is 7. The molecule has 0 aliphatic carbocycles. The number of benzene rings is 2. The van der Waals surface area contributed by atoms with Crippen molar-refractivity contribution < 1.29 is 14.3 Å². The predicted molar refractivity (Wildman–Crippen MR) is 124 cm³/mol. The maximum Gasteiger partial charge on any atom is 0.412 e. The van der Waals surface area contributed by atoms with Crippen molar-refractivity contribution in [3.8, 4) is 5.75 Å². The molecule has 3 rings (SSSR count). The van der Waals surface area contributed by atoms with Gasteiger partial charge >= 0.3 is 6.09 Å². The third kappa shape index (κ3) is 6.18. The molecular formula is C22H26N4O3S. The first-order valence-corrected chi connectivity index (χ1v) is 10.9. The maximum atomic E-state index is 12.3. The lowest BCUT2D eigenvalue weighted by Crippen LogP contribution is -2.33. The fourth-order valence-electron chi connectivity index (χ4n) is 2.90. The highest BCUT2D eigenvalue weighted by Crippen LogP contribution is 2.34. The number of aliphatic imine (C=N–C) groups is 1. The summed E-state index contributed by atoms with van der Waals surface area (Å²) in [6.45, 7) is 2.27. The van der Waals surface area contributed by atoms with E-state index in [1.54, 1.807) is 6.07 Å². The lowest BCUT2D eigenvalue weighted by molar-refractivity contribution is 0.178. The minimum Gasteiger partial charge on any atom is -0.490 e. The smallest absolute Gasteiger partial charge is 0.412 e. The van der Waals surface area contributed by atoms with Crippen LogP contribution in [0.1, 0.15) is 0 Å². The molecule has 0 fully saturated rings. The first-order chi connectivity index (χ1) is 14.7. The van der Waals surface area contributed by atoms with Crippen molar-refractivity contribution in [2.24, 2.45) is 4.99 Å². The Bertz CT molecular complexity index is 903. The zero-order valence-electron chi connectivity index (χ0n) is 17.1. The maximum absolute atomic E-state index is 12.3. The van der Waals surface area contributed by atoms with Crippen LogP contribution in [0.5, 0.6) is 5.75 Å². The van der Waals surface area contributed by atoms with E-state index in [9.17, 15) is 4.79 Å². The Hall–Kier alpha value is -3.13. The Balaban J connectivity index is 1.60. The molecule has 0 bridgehead atoms. The average Bonchev–Trinajstić information content (AvgIpc) is 2.77. The topological polar surface area (TPSA) is 75.2 Å². The van der Waals surface area contributed by atoms with E-state index in [1.165, 1.54) is 11.8 Å². The highest BCUT2D eigenvalue weighted by Gasteiger charge is 2.18. The number of anilines is 2. The normalized spacial score (nSPS) is 13.5. The van der Waals surface area contributed by atoms with Gasteiger partial charge in [-0.2, -0.15) is 0 Å². The average molecular weight is 427 g/mol. The molecule has 7 nitrogen and oxygen atoms in total. The number of ether oxygens (including phenoxy) is 2. The quantitative estimate of drug-likeness (QED) is 0.509. The second-order valence-corrected chi connectivity index (χ2v) is 7.29.